The number of rotatable bonds is 6. The molecule has 0 bridgehead atoms. The molecule has 0 radical (unpaired) electrons. The van der Waals surface area contributed by atoms with Gasteiger partial charge in [-0.2, -0.15) is 13.2 Å². The lowest BCUT2D eigenvalue weighted by Crippen LogP contribution is -2.38. The van der Waals surface area contributed by atoms with Gasteiger partial charge in [-0.1, -0.05) is 6.92 Å². The summed E-state index contributed by atoms with van der Waals surface area (Å²) in [5.74, 6) is -1.05. The van der Waals surface area contributed by atoms with E-state index in [0.29, 0.717) is 13.1 Å². The maximum atomic E-state index is 13.8. The van der Waals surface area contributed by atoms with Crippen molar-refractivity contribution in [1.82, 2.24) is 24.4 Å². The lowest BCUT2D eigenvalue weighted by molar-refractivity contribution is -0.156. The first kappa shape index (κ1) is 23.5. The summed E-state index contributed by atoms with van der Waals surface area (Å²) in [6.45, 7) is 4.97. The van der Waals surface area contributed by atoms with E-state index in [-0.39, 0.29) is 23.1 Å². The Kier molecular flexibility index (Phi) is 6.60. The normalized spacial score (nSPS) is 19.7. The lowest BCUT2D eigenvalue weighted by atomic mass is 9.90. The minimum absolute atomic E-state index is 0.0243. The van der Waals surface area contributed by atoms with Crippen LogP contribution in [0.4, 0.5) is 24.8 Å². The van der Waals surface area contributed by atoms with Gasteiger partial charge in [0, 0.05) is 44.7 Å². The minimum atomic E-state index is -4.54. The molecule has 1 saturated heterocycles. The van der Waals surface area contributed by atoms with Gasteiger partial charge in [-0.3, -0.25) is 4.79 Å². The predicted octanol–water partition coefficient (Wildman–Crippen LogP) is 3.17. The Bertz CT molecular complexity index is 996. The van der Waals surface area contributed by atoms with E-state index in [4.69, 9.17) is 4.98 Å². The van der Waals surface area contributed by atoms with Crippen LogP contribution in [0.1, 0.15) is 55.1 Å². The van der Waals surface area contributed by atoms with E-state index < -0.39 is 24.4 Å². The molecule has 4 rings (SSSR count). The number of aryl methyl sites for hydroxylation is 1. The van der Waals surface area contributed by atoms with Gasteiger partial charge in [0.15, 0.2) is 0 Å². The molecule has 2 aromatic rings. The lowest BCUT2D eigenvalue weighted by Gasteiger charge is -2.36. The zero-order valence-electron chi connectivity index (χ0n) is 19.2. The van der Waals surface area contributed by atoms with Crippen LogP contribution < -0.4 is 10.2 Å². The summed E-state index contributed by atoms with van der Waals surface area (Å²) in [5.41, 5.74) is 1.03. The van der Waals surface area contributed by atoms with E-state index in [1.54, 1.807) is 0 Å². The average Bonchev–Trinajstić information content (AvgIpc) is 3.19. The molecule has 0 saturated carbocycles. The number of amides is 1. The molecule has 2 aliphatic rings. The molecule has 1 N–H and O–H groups in total. The molecule has 180 valence electrons. The molecule has 2 aromatic heterocycles. The summed E-state index contributed by atoms with van der Waals surface area (Å²) in [5, 5.41) is 2.48. The molecule has 1 amide bonds. The van der Waals surface area contributed by atoms with Gasteiger partial charge < -0.3 is 19.7 Å². The highest BCUT2D eigenvalue weighted by Crippen LogP contribution is 2.46. The third-order valence-electron chi connectivity index (χ3n) is 6.42. The van der Waals surface area contributed by atoms with Gasteiger partial charge in [-0.15, -0.1) is 0 Å². The summed E-state index contributed by atoms with van der Waals surface area (Å²) >= 11 is 0. The summed E-state index contributed by atoms with van der Waals surface area (Å²) in [6.07, 6.45) is 0.546. The summed E-state index contributed by atoms with van der Waals surface area (Å²) in [4.78, 5) is 28.8. The Morgan fingerprint density at radius 2 is 1.94 bits per heavy atom. The number of hydrogen-bond donors (Lipinski definition) is 1. The molecule has 2 aliphatic heterocycles. The Balaban J connectivity index is 1.55. The number of nitrogens with zero attached hydrogens (tertiary/aromatic N) is 6. The second-order valence-electron chi connectivity index (χ2n) is 9.01. The van der Waals surface area contributed by atoms with Crippen molar-refractivity contribution in [1.29, 1.82) is 0 Å². The van der Waals surface area contributed by atoms with E-state index in [1.807, 2.05) is 19.0 Å². The Hall–Kier alpha value is -2.69. The topological polar surface area (TPSA) is 79.2 Å². The first-order valence-corrected chi connectivity index (χ1v) is 11.3. The number of hydrogen-bond acceptors (Lipinski definition) is 6. The highest BCUT2D eigenvalue weighted by Gasteiger charge is 2.48. The standard InChI is InChI=1S/C22H30F3N7O/c1-4-15-12-32(10-9-30(2)3)20(28-15)14-5-7-31(8-6-14)21-18-16(22(23,24)25)11-17(33)29-19(18)26-13-27-21/h12-14,16H,4-11H2,1-3H3,(H,26,27,29,33). The fourth-order valence-electron chi connectivity index (χ4n) is 4.63. The average molecular weight is 466 g/mol. The molecule has 1 atom stereocenters. The third-order valence-corrected chi connectivity index (χ3v) is 6.42. The van der Waals surface area contributed by atoms with Gasteiger partial charge >= 0.3 is 6.18 Å². The largest absolute Gasteiger partial charge is 0.396 e. The first-order valence-electron chi connectivity index (χ1n) is 11.3. The number of aromatic nitrogens is 4. The number of fused-ring (bicyclic) bond motifs is 1. The SMILES string of the molecule is CCc1cn(CCN(C)C)c(C2CCN(c3ncnc4c3C(C(F)(F)F)CC(=O)N4)CC2)n1. The molecule has 8 nitrogen and oxygen atoms in total. The molecule has 1 unspecified atom stereocenters. The van der Waals surface area contributed by atoms with Crippen molar-refractivity contribution in [2.75, 3.05) is 43.9 Å². The zero-order valence-corrected chi connectivity index (χ0v) is 19.2. The maximum Gasteiger partial charge on any atom is 0.396 e. The van der Waals surface area contributed by atoms with Crippen LogP contribution >= 0.6 is 0 Å². The third kappa shape index (κ3) is 4.97. The quantitative estimate of drug-likeness (QED) is 0.706. The highest BCUT2D eigenvalue weighted by molar-refractivity contribution is 5.94. The number of imidazole rings is 1. The zero-order chi connectivity index (χ0) is 23.8. The Morgan fingerprint density at radius 3 is 2.58 bits per heavy atom. The van der Waals surface area contributed by atoms with Crippen molar-refractivity contribution < 1.29 is 18.0 Å². The van der Waals surface area contributed by atoms with Crippen molar-refractivity contribution in [3.05, 3.63) is 29.6 Å². The van der Waals surface area contributed by atoms with Crippen LogP contribution in [-0.4, -0.2) is 70.2 Å². The van der Waals surface area contributed by atoms with Crippen molar-refractivity contribution in [3.63, 3.8) is 0 Å². The van der Waals surface area contributed by atoms with Crippen LogP contribution in [0.3, 0.4) is 0 Å². The number of nitrogens with one attached hydrogen (secondary N) is 1. The monoisotopic (exact) mass is 465 g/mol. The van der Waals surface area contributed by atoms with Crippen molar-refractivity contribution in [2.24, 2.45) is 0 Å². The molecule has 0 aromatic carbocycles. The van der Waals surface area contributed by atoms with E-state index >= 15 is 0 Å². The van der Waals surface area contributed by atoms with E-state index in [1.165, 1.54) is 6.33 Å². The molecule has 1 fully saturated rings. The van der Waals surface area contributed by atoms with Gasteiger partial charge in [0.1, 0.15) is 23.8 Å². The van der Waals surface area contributed by atoms with Gasteiger partial charge in [0.05, 0.1) is 17.2 Å². The number of alkyl halides is 3. The van der Waals surface area contributed by atoms with Crippen LogP contribution in [0.15, 0.2) is 12.5 Å². The number of likely N-dealkylation sites (N-methyl/N-ethyl adjacent to an activating group) is 1. The molecule has 0 aliphatic carbocycles. The van der Waals surface area contributed by atoms with E-state index in [9.17, 15) is 18.0 Å². The molecular formula is C22H30F3N7O. The van der Waals surface area contributed by atoms with Gasteiger partial charge in [0.25, 0.3) is 0 Å². The summed E-state index contributed by atoms with van der Waals surface area (Å²) in [7, 11) is 4.07. The van der Waals surface area contributed by atoms with Gasteiger partial charge in [-0.05, 0) is 33.4 Å². The van der Waals surface area contributed by atoms with Crippen LogP contribution in [0, 0.1) is 0 Å². The fourth-order valence-corrected chi connectivity index (χ4v) is 4.63. The summed E-state index contributed by atoms with van der Waals surface area (Å²) in [6, 6.07) is 0. The van der Waals surface area contributed by atoms with Crippen molar-refractivity contribution in [3.8, 4) is 0 Å². The Labute approximate surface area is 191 Å². The second-order valence-corrected chi connectivity index (χ2v) is 9.01. The Morgan fingerprint density at radius 1 is 1.21 bits per heavy atom. The number of anilines is 2. The number of carbonyl (C=O) groups is 1. The molecule has 0 spiro atoms. The number of piperidine rings is 1. The molecule has 33 heavy (non-hydrogen) atoms. The van der Waals surface area contributed by atoms with Gasteiger partial charge in [-0.25, -0.2) is 15.0 Å². The summed E-state index contributed by atoms with van der Waals surface area (Å²) < 4.78 is 43.5. The number of carbonyl (C=O) groups excluding carboxylic acids is 1. The maximum absolute atomic E-state index is 13.8. The van der Waals surface area contributed by atoms with Crippen LogP contribution in [-0.2, 0) is 17.8 Å². The molecule has 4 heterocycles. The fraction of sp³-hybridized carbons (Fsp3) is 0.636. The van der Waals surface area contributed by atoms with E-state index in [2.05, 4.69) is 37.9 Å². The molecule has 11 heteroatoms. The predicted molar refractivity (Wildman–Crippen MR) is 118 cm³/mol. The van der Waals surface area contributed by atoms with Crippen LogP contribution in [0.25, 0.3) is 0 Å². The first-order chi connectivity index (χ1) is 15.7. The van der Waals surface area contributed by atoms with Crippen molar-refractivity contribution in [2.45, 2.75) is 57.2 Å². The highest BCUT2D eigenvalue weighted by atomic mass is 19.4. The van der Waals surface area contributed by atoms with E-state index in [0.717, 1.165) is 43.9 Å². The smallest absolute Gasteiger partial charge is 0.356 e. The van der Waals surface area contributed by atoms with Crippen LogP contribution in [0.2, 0.25) is 0 Å². The molecular weight excluding hydrogens is 435 g/mol. The van der Waals surface area contributed by atoms with Gasteiger partial charge in [0.2, 0.25) is 5.91 Å². The van der Waals surface area contributed by atoms with Crippen LogP contribution in [0.5, 0.6) is 0 Å². The number of halogens is 3. The second kappa shape index (κ2) is 9.28. The minimum Gasteiger partial charge on any atom is -0.356 e. The van der Waals surface area contributed by atoms with Crippen molar-refractivity contribution >= 4 is 17.5 Å².